The predicted octanol–water partition coefficient (Wildman–Crippen LogP) is 2.69. The van der Waals surface area contributed by atoms with Crippen molar-refractivity contribution < 1.29 is 9.13 Å². The van der Waals surface area contributed by atoms with Crippen LogP contribution in [-0.2, 0) is 0 Å². The Morgan fingerprint density at radius 1 is 1.35 bits per heavy atom. The van der Waals surface area contributed by atoms with Gasteiger partial charge in [0, 0.05) is 19.1 Å². The van der Waals surface area contributed by atoms with Gasteiger partial charge in [0.25, 0.3) is 0 Å². The lowest BCUT2D eigenvalue weighted by Crippen LogP contribution is -2.47. The van der Waals surface area contributed by atoms with Crippen molar-refractivity contribution in [3.63, 3.8) is 0 Å². The van der Waals surface area contributed by atoms with Crippen LogP contribution in [0.25, 0.3) is 0 Å². The molecule has 0 aromatic heterocycles. The Balaban J connectivity index is 0.00000200. The Labute approximate surface area is 126 Å². The van der Waals surface area contributed by atoms with Crippen molar-refractivity contribution in [1.29, 1.82) is 0 Å². The molecule has 1 aromatic rings. The van der Waals surface area contributed by atoms with Gasteiger partial charge < -0.3 is 10.5 Å². The number of ether oxygens (including phenoxy) is 1. The molecular formula is C15H24ClFN2O. The van der Waals surface area contributed by atoms with Gasteiger partial charge in [-0.3, -0.25) is 4.90 Å². The molecule has 20 heavy (non-hydrogen) atoms. The van der Waals surface area contributed by atoms with Gasteiger partial charge in [0.05, 0.1) is 0 Å². The summed E-state index contributed by atoms with van der Waals surface area (Å²) >= 11 is 0. The lowest BCUT2D eigenvalue weighted by Gasteiger charge is -2.37. The average molecular weight is 303 g/mol. The van der Waals surface area contributed by atoms with Gasteiger partial charge in [-0.1, -0.05) is 6.92 Å². The molecule has 1 saturated heterocycles. The monoisotopic (exact) mass is 302 g/mol. The molecule has 1 aliphatic rings. The molecule has 114 valence electrons. The normalized spacial score (nSPS) is 23.1. The Bertz CT molecular complexity index is 388. The standard InChI is InChI=1S/C15H23FN2O.ClH/c1-12-6-7-18(14(10-12)11-17)8-9-19-15-4-2-13(16)3-5-15;/h2-5,12,14H,6-11,17H2,1H3;1H. The number of hydrogen-bond donors (Lipinski definition) is 1. The quantitative estimate of drug-likeness (QED) is 0.909. The van der Waals surface area contributed by atoms with Crippen molar-refractivity contribution in [1.82, 2.24) is 4.90 Å². The number of rotatable bonds is 5. The summed E-state index contributed by atoms with van der Waals surface area (Å²) in [7, 11) is 0. The van der Waals surface area contributed by atoms with Crippen LogP contribution >= 0.6 is 12.4 Å². The molecule has 2 unspecified atom stereocenters. The van der Waals surface area contributed by atoms with Crippen molar-refractivity contribution in [2.45, 2.75) is 25.8 Å². The fourth-order valence-corrected chi connectivity index (χ4v) is 2.65. The summed E-state index contributed by atoms with van der Waals surface area (Å²) in [5.41, 5.74) is 5.83. The van der Waals surface area contributed by atoms with E-state index in [9.17, 15) is 4.39 Å². The van der Waals surface area contributed by atoms with E-state index in [1.165, 1.54) is 25.0 Å². The van der Waals surface area contributed by atoms with E-state index in [0.717, 1.165) is 24.8 Å². The minimum absolute atomic E-state index is 0. The minimum atomic E-state index is -0.236. The second kappa shape index (κ2) is 8.45. The molecule has 0 spiro atoms. The van der Waals surface area contributed by atoms with Gasteiger partial charge in [0.1, 0.15) is 18.2 Å². The van der Waals surface area contributed by atoms with Crippen molar-refractivity contribution in [3.05, 3.63) is 30.1 Å². The van der Waals surface area contributed by atoms with E-state index in [2.05, 4.69) is 11.8 Å². The molecule has 1 aliphatic heterocycles. The molecule has 0 bridgehead atoms. The molecule has 0 saturated carbocycles. The van der Waals surface area contributed by atoms with Crippen LogP contribution in [0.2, 0.25) is 0 Å². The Morgan fingerprint density at radius 2 is 2.05 bits per heavy atom. The van der Waals surface area contributed by atoms with Crippen molar-refractivity contribution in [2.24, 2.45) is 11.7 Å². The van der Waals surface area contributed by atoms with Crippen LogP contribution in [-0.4, -0.2) is 37.2 Å². The van der Waals surface area contributed by atoms with Crippen LogP contribution in [0.5, 0.6) is 5.75 Å². The Morgan fingerprint density at radius 3 is 2.70 bits per heavy atom. The zero-order valence-corrected chi connectivity index (χ0v) is 12.7. The van der Waals surface area contributed by atoms with Gasteiger partial charge in [-0.25, -0.2) is 4.39 Å². The highest BCUT2D eigenvalue weighted by Gasteiger charge is 2.24. The minimum Gasteiger partial charge on any atom is -0.492 e. The van der Waals surface area contributed by atoms with Crippen LogP contribution in [0.4, 0.5) is 4.39 Å². The summed E-state index contributed by atoms with van der Waals surface area (Å²) < 4.78 is 18.4. The zero-order valence-electron chi connectivity index (χ0n) is 11.9. The van der Waals surface area contributed by atoms with Crippen molar-refractivity contribution in [3.8, 4) is 5.75 Å². The van der Waals surface area contributed by atoms with E-state index in [0.29, 0.717) is 19.2 Å². The van der Waals surface area contributed by atoms with Gasteiger partial charge >= 0.3 is 0 Å². The fourth-order valence-electron chi connectivity index (χ4n) is 2.65. The Hall–Kier alpha value is -0.840. The third-order valence-electron chi connectivity index (χ3n) is 3.83. The van der Waals surface area contributed by atoms with Gasteiger partial charge in [0.15, 0.2) is 0 Å². The summed E-state index contributed by atoms with van der Waals surface area (Å²) in [6.07, 6.45) is 2.40. The lowest BCUT2D eigenvalue weighted by atomic mass is 9.92. The number of nitrogens with zero attached hydrogens (tertiary/aromatic N) is 1. The number of benzene rings is 1. The van der Waals surface area contributed by atoms with E-state index in [4.69, 9.17) is 10.5 Å². The molecule has 2 N–H and O–H groups in total. The molecule has 3 nitrogen and oxygen atoms in total. The van der Waals surface area contributed by atoms with Crippen LogP contribution in [0, 0.1) is 11.7 Å². The average Bonchev–Trinajstić information content (AvgIpc) is 2.42. The zero-order chi connectivity index (χ0) is 13.7. The maximum atomic E-state index is 12.8. The molecule has 2 atom stereocenters. The smallest absolute Gasteiger partial charge is 0.123 e. The van der Waals surface area contributed by atoms with Gasteiger partial charge in [-0.05, 0) is 49.6 Å². The summed E-state index contributed by atoms with van der Waals surface area (Å²) in [5, 5.41) is 0. The molecule has 1 fully saturated rings. The number of nitrogens with two attached hydrogens (primary N) is 1. The topological polar surface area (TPSA) is 38.5 Å². The van der Waals surface area contributed by atoms with E-state index in [1.807, 2.05) is 0 Å². The number of hydrogen-bond acceptors (Lipinski definition) is 3. The summed E-state index contributed by atoms with van der Waals surface area (Å²) in [4.78, 5) is 2.41. The molecule has 0 aliphatic carbocycles. The number of piperidine rings is 1. The highest BCUT2D eigenvalue weighted by Crippen LogP contribution is 2.21. The van der Waals surface area contributed by atoms with Crippen LogP contribution in [0.15, 0.2) is 24.3 Å². The predicted molar refractivity (Wildman–Crippen MR) is 82.0 cm³/mol. The first-order valence-electron chi connectivity index (χ1n) is 7.01. The third-order valence-corrected chi connectivity index (χ3v) is 3.83. The van der Waals surface area contributed by atoms with E-state index in [1.54, 1.807) is 12.1 Å². The third kappa shape index (κ3) is 4.93. The SMILES string of the molecule is CC1CCN(CCOc2ccc(F)cc2)C(CN)C1.Cl. The number of likely N-dealkylation sites (tertiary alicyclic amines) is 1. The molecule has 0 radical (unpaired) electrons. The van der Waals surface area contributed by atoms with Gasteiger partial charge in [0.2, 0.25) is 0 Å². The molecule has 1 aromatic carbocycles. The first kappa shape index (κ1) is 17.2. The van der Waals surface area contributed by atoms with E-state index >= 15 is 0 Å². The largest absolute Gasteiger partial charge is 0.492 e. The first-order chi connectivity index (χ1) is 9.19. The van der Waals surface area contributed by atoms with Gasteiger partial charge in [-0.15, -0.1) is 12.4 Å². The molecule has 5 heteroatoms. The van der Waals surface area contributed by atoms with Crippen molar-refractivity contribution >= 4 is 12.4 Å². The van der Waals surface area contributed by atoms with Crippen LogP contribution in [0.3, 0.4) is 0 Å². The summed E-state index contributed by atoms with van der Waals surface area (Å²) in [6.45, 7) is 5.59. The van der Waals surface area contributed by atoms with Crippen molar-refractivity contribution in [2.75, 3.05) is 26.2 Å². The Kier molecular flexibility index (Phi) is 7.27. The fraction of sp³-hybridized carbons (Fsp3) is 0.600. The molecule has 2 rings (SSSR count). The van der Waals surface area contributed by atoms with Gasteiger partial charge in [-0.2, -0.15) is 0 Å². The van der Waals surface area contributed by atoms with E-state index in [-0.39, 0.29) is 18.2 Å². The highest BCUT2D eigenvalue weighted by molar-refractivity contribution is 5.85. The summed E-state index contributed by atoms with van der Waals surface area (Å²) in [6, 6.07) is 6.63. The maximum absolute atomic E-state index is 12.8. The molecular weight excluding hydrogens is 279 g/mol. The van der Waals surface area contributed by atoms with Crippen LogP contribution in [0.1, 0.15) is 19.8 Å². The number of halogens is 2. The van der Waals surface area contributed by atoms with E-state index < -0.39 is 0 Å². The van der Waals surface area contributed by atoms with Crippen LogP contribution < -0.4 is 10.5 Å². The maximum Gasteiger partial charge on any atom is 0.123 e. The second-order valence-corrected chi connectivity index (χ2v) is 5.36. The lowest BCUT2D eigenvalue weighted by molar-refractivity contribution is 0.103. The molecule has 0 amide bonds. The molecule has 1 heterocycles. The first-order valence-corrected chi connectivity index (χ1v) is 7.01. The highest BCUT2D eigenvalue weighted by atomic mass is 35.5. The second-order valence-electron chi connectivity index (χ2n) is 5.36. The summed E-state index contributed by atoms with van der Waals surface area (Å²) in [5.74, 6) is 1.25.